The van der Waals surface area contributed by atoms with Crippen LogP contribution in [0.15, 0.2) is 38.1 Å². The quantitative estimate of drug-likeness (QED) is 0.750. The van der Waals surface area contributed by atoms with E-state index in [0.29, 0.717) is 28.1 Å². The van der Waals surface area contributed by atoms with Crippen LogP contribution in [0.4, 0.5) is 5.69 Å². The number of aryl methyl sites for hydroxylation is 2. The summed E-state index contributed by atoms with van der Waals surface area (Å²) in [5, 5.41) is 2.75. The monoisotopic (exact) mass is 272 g/mol. The Morgan fingerprint density at radius 1 is 1.30 bits per heavy atom. The molecule has 0 fully saturated rings. The number of nitrogens with one attached hydrogen (secondary N) is 2. The first-order chi connectivity index (χ1) is 9.54. The lowest BCUT2D eigenvalue weighted by molar-refractivity contribution is 0.102. The number of furan rings is 1. The van der Waals surface area contributed by atoms with Crippen LogP contribution in [0.2, 0.25) is 0 Å². The van der Waals surface area contributed by atoms with E-state index in [9.17, 15) is 9.59 Å². The zero-order valence-corrected chi connectivity index (χ0v) is 10.9. The van der Waals surface area contributed by atoms with E-state index < -0.39 is 5.76 Å². The van der Waals surface area contributed by atoms with Crippen LogP contribution in [0.1, 0.15) is 21.7 Å². The Kier molecular flexibility index (Phi) is 2.71. The van der Waals surface area contributed by atoms with E-state index in [0.717, 1.165) is 5.56 Å². The summed E-state index contributed by atoms with van der Waals surface area (Å²) in [6, 6.07) is 4.96. The Balaban J connectivity index is 1.93. The molecule has 6 heteroatoms. The Hall–Kier alpha value is -2.76. The van der Waals surface area contributed by atoms with Crippen molar-refractivity contribution in [3.8, 4) is 0 Å². The largest absolute Gasteiger partial charge is 0.469 e. The molecule has 0 bridgehead atoms. The van der Waals surface area contributed by atoms with Crippen LogP contribution in [0.25, 0.3) is 11.1 Å². The smallest absolute Gasteiger partial charge is 0.417 e. The zero-order chi connectivity index (χ0) is 14.3. The molecule has 0 saturated heterocycles. The number of benzene rings is 1. The summed E-state index contributed by atoms with van der Waals surface area (Å²) in [7, 11) is 0. The van der Waals surface area contributed by atoms with E-state index in [1.165, 1.54) is 0 Å². The standard InChI is InChI=1S/C14H12N2O4/c1-7-6-19-8(2)12(7)13(17)15-9-3-4-10-11(5-9)20-14(18)16-10/h3-6H,1-2H3,(H,15,17)(H,16,18). The van der Waals surface area contributed by atoms with E-state index in [4.69, 9.17) is 8.83 Å². The van der Waals surface area contributed by atoms with Crippen LogP contribution < -0.4 is 11.1 Å². The molecule has 102 valence electrons. The average Bonchev–Trinajstić information content (AvgIpc) is 2.91. The molecule has 0 atom stereocenters. The molecule has 0 aliphatic heterocycles. The molecular weight excluding hydrogens is 260 g/mol. The molecule has 2 N–H and O–H groups in total. The molecule has 0 aliphatic carbocycles. The fourth-order valence-electron chi connectivity index (χ4n) is 2.13. The van der Waals surface area contributed by atoms with E-state index in [2.05, 4.69) is 10.3 Å². The Bertz CT molecular complexity index is 834. The molecule has 6 nitrogen and oxygen atoms in total. The second-order valence-electron chi connectivity index (χ2n) is 4.53. The normalized spacial score (nSPS) is 10.9. The molecule has 0 radical (unpaired) electrons. The molecule has 0 spiro atoms. The number of aromatic amines is 1. The minimum absolute atomic E-state index is 0.258. The number of fused-ring (bicyclic) bond motifs is 1. The van der Waals surface area contributed by atoms with Gasteiger partial charge in [0.05, 0.1) is 17.3 Å². The van der Waals surface area contributed by atoms with Crippen molar-refractivity contribution < 1.29 is 13.6 Å². The number of hydrogen-bond donors (Lipinski definition) is 2. The molecule has 1 amide bonds. The second-order valence-corrected chi connectivity index (χ2v) is 4.53. The van der Waals surface area contributed by atoms with Gasteiger partial charge in [0.15, 0.2) is 5.58 Å². The Morgan fingerprint density at radius 3 is 2.80 bits per heavy atom. The summed E-state index contributed by atoms with van der Waals surface area (Å²) in [6.45, 7) is 3.54. The molecule has 0 aliphatic rings. The first kappa shape index (κ1) is 12.3. The number of carbonyl (C=O) groups excluding carboxylic acids is 1. The van der Waals surface area contributed by atoms with E-state index in [1.54, 1.807) is 38.3 Å². The van der Waals surface area contributed by atoms with Crippen molar-refractivity contribution in [2.24, 2.45) is 0 Å². The number of aromatic nitrogens is 1. The van der Waals surface area contributed by atoms with Crippen molar-refractivity contribution in [3.63, 3.8) is 0 Å². The van der Waals surface area contributed by atoms with Crippen molar-refractivity contribution in [2.45, 2.75) is 13.8 Å². The Labute approximate surface area is 113 Å². The van der Waals surface area contributed by atoms with Crippen LogP contribution in [-0.2, 0) is 0 Å². The van der Waals surface area contributed by atoms with Gasteiger partial charge in [-0.1, -0.05) is 0 Å². The van der Waals surface area contributed by atoms with Crippen LogP contribution in [-0.4, -0.2) is 10.9 Å². The first-order valence-corrected chi connectivity index (χ1v) is 6.03. The van der Waals surface area contributed by atoms with Gasteiger partial charge >= 0.3 is 5.76 Å². The Morgan fingerprint density at radius 2 is 2.10 bits per heavy atom. The zero-order valence-electron chi connectivity index (χ0n) is 10.9. The average molecular weight is 272 g/mol. The lowest BCUT2D eigenvalue weighted by atomic mass is 10.1. The van der Waals surface area contributed by atoms with E-state index in [-0.39, 0.29) is 5.91 Å². The minimum atomic E-state index is -0.523. The summed E-state index contributed by atoms with van der Waals surface area (Å²) >= 11 is 0. The van der Waals surface area contributed by atoms with Gasteiger partial charge in [-0.25, -0.2) is 4.79 Å². The highest BCUT2D eigenvalue weighted by atomic mass is 16.4. The lowest BCUT2D eigenvalue weighted by Gasteiger charge is -2.05. The fraction of sp³-hybridized carbons (Fsp3) is 0.143. The highest BCUT2D eigenvalue weighted by Crippen LogP contribution is 2.20. The third-order valence-corrected chi connectivity index (χ3v) is 3.06. The van der Waals surface area contributed by atoms with Crippen LogP contribution in [0, 0.1) is 13.8 Å². The topological polar surface area (TPSA) is 88.2 Å². The fourth-order valence-corrected chi connectivity index (χ4v) is 2.13. The molecule has 2 heterocycles. The maximum absolute atomic E-state index is 12.2. The SMILES string of the molecule is Cc1coc(C)c1C(=O)Nc1ccc2[nH]c(=O)oc2c1. The maximum Gasteiger partial charge on any atom is 0.417 e. The van der Waals surface area contributed by atoms with Gasteiger partial charge in [0.25, 0.3) is 5.91 Å². The van der Waals surface area contributed by atoms with Gasteiger partial charge in [-0.15, -0.1) is 0 Å². The summed E-state index contributed by atoms with van der Waals surface area (Å²) < 4.78 is 10.1. The van der Waals surface area contributed by atoms with Crippen molar-refractivity contribution in [1.82, 2.24) is 4.98 Å². The number of amides is 1. The van der Waals surface area contributed by atoms with Crippen LogP contribution in [0.3, 0.4) is 0 Å². The molecule has 0 unspecified atom stereocenters. The number of hydrogen-bond acceptors (Lipinski definition) is 4. The minimum Gasteiger partial charge on any atom is -0.469 e. The van der Waals surface area contributed by atoms with E-state index >= 15 is 0 Å². The predicted molar refractivity (Wildman–Crippen MR) is 73.0 cm³/mol. The lowest BCUT2D eigenvalue weighted by Crippen LogP contribution is -2.13. The summed E-state index contributed by atoms with van der Waals surface area (Å²) in [4.78, 5) is 25.8. The van der Waals surface area contributed by atoms with Gasteiger partial charge in [0.2, 0.25) is 0 Å². The summed E-state index contributed by atoms with van der Waals surface area (Å²) in [5.41, 5.74) is 2.82. The third-order valence-electron chi connectivity index (χ3n) is 3.06. The van der Waals surface area contributed by atoms with Crippen LogP contribution >= 0.6 is 0 Å². The summed E-state index contributed by atoms with van der Waals surface area (Å²) in [5.74, 6) is -0.217. The molecule has 3 rings (SSSR count). The molecular formula is C14H12N2O4. The number of carbonyl (C=O) groups is 1. The van der Waals surface area contributed by atoms with Gasteiger partial charge in [-0.3, -0.25) is 9.78 Å². The summed E-state index contributed by atoms with van der Waals surface area (Å²) in [6.07, 6.45) is 1.54. The van der Waals surface area contributed by atoms with Crippen molar-refractivity contribution in [3.05, 3.63) is 51.9 Å². The number of anilines is 1. The van der Waals surface area contributed by atoms with Crippen LogP contribution in [0.5, 0.6) is 0 Å². The highest BCUT2D eigenvalue weighted by molar-refractivity contribution is 6.06. The molecule has 2 aromatic heterocycles. The molecule has 3 aromatic rings. The van der Waals surface area contributed by atoms with Crippen molar-refractivity contribution >= 4 is 22.7 Å². The number of rotatable bonds is 2. The van der Waals surface area contributed by atoms with Crippen molar-refractivity contribution in [2.75, 3.05) is 5.32 Å². The van der Waals surface area contributed by atoms with Gasteiger partial charge in [-0.2, -0.15) is 0 Å². The van der Waals surface area contributed by atoms with Gasteiger partial charge < -0.3 is 14.2 Å². The highest BCUT2D eigenvalue weighted by Gasteiger charge is 2.16. The number of H-pyrrole nitrogens is 1. The predicted octanol–water partition coefficient (Wildman–Crippen LogP) is 2.58. The van der Waals surface area contributed by atoms with Gasteiger partial charge in [-0.05, 0) is 26.0 Å². The maximum atomic E-state index is 12.2. The first-order valence-electron chi connectivity index (χ1n) is 6.03. The van der Waals surface area contributed by atoms with Crippen molar-refractivity contribution in [1.29, 1.82) is 0 Å². The third kappa shape index (κ3) is 2.01. The molecule has 20 heavy (non-hydrogen) atoms. The number of oxazole rings is 1. The molecule has 0 saturated carbocycles. The van der Waals surface area contributed by atoms with Gasteiger partial charge in [0, 0.05) is 17.3 Å². The van der Waals surface area contributed by atoms with Gasteiger partial charge in [0.1, 0.15) is 5.76 Å². The van der Waals surface area contributed by atoms with E-state index in [1.807, 2.05) is 0 Å². The second kappa shape index (κ2) is 4.41. The molecule has 1 aromatic carbocycles.